The molecule has 0 bridgehead atoms. The van der Waals surface area contributed by atoms with Crippen LogP contribution in [-0.4, -0.2) is 30.7 Å². The Bertz CT molecular complexity index is 1360. The van der Waals surface area contributed by atoms with Crippen LogP contribution in [0.15, 0.2) is 47.4 Å². The van der Waals surface area contributed by atoms with Crippen LogP contribution >= 0.6 is 0 Å². The predicted molar refractivity (Wildman–Crippen MR) is 120 cm³/mol. The fraction of sp³-hybridized carbons (Fsp3) is 0.227. The number of anilines is 2. The molecule has 1 aromatic heterocycles. The summed E-state index contributed by atoms with van der Waals surface area (Å²) in [6.07, 6.45) is 1.17. The summed E-state index contributed by atoms with van der Waals surface area (Å²) >= 11 is 0. The van der Waals surface area contributed by atoms with Crippen molar-refractivity contribution in [3.8, 4) is 11.8 Å². The molecule has 0 atom stereocenters. The van der Waals surface area contributed by atoms with E-state index in [-0.39, 0.29) is 30.3 Å². The zero-order valence-corrected chi connectivity index (χ0v) is 18.3. The highest BCUT2D eigenvalue weighted by Gasteiger charge is 2.24. The van der Waals surface area contributed by atoms with E-state index >= 15 is 0 Å². The number of benzene rings is 2. The lowest BCUT2D eigenvalue weighted by molar-refractivity contribution is -0.116. The van der Waals surface area contributed by atoms with Crippen LogP contribution in [-0.2, 0) is 27.7 Å². The first-order chi connectivity index (χ1) is 15.8. The van der Waals surface area contributed by atoms with E-state index in [1.165, 1.54) is 10.7 Å². The molecule has 0 aliphatic carbocycles. The highest BCUT2D eigenvalue weighted by Crippen LogP contribution is 2.28. The second-order valence-corrected chi connectivity index (χ2v) is 9.29. The Morgan fingerprint density at radius 2 is 2.00 bits per heavy atom. The largest absolute Gasteiger partial charge is 0.382 e. The van der Waals surface area contributed by atoms with E-state index in [1.54, 1.807) is 12.1 Å². The van der Waals surface area contributed by atoms with Crippen molar-refractivity contribution in [2.75, 3.05) is 17.6 Å². The molecule has 2 heterocycles. The Labute approximate surface area is 190 Å². The average molecular weight is 469 g/mol. The highest BCUT2D eigenvalue weighted by atomic mass is 32.2. The van der Waals surface area contributed by atoms with Crippen molar-refractivity contribution in [1.29, 1.82) is 5.26 Å². The minimum atomic E-state index is -4.11. The number of nitrogen functional groups attached to an aromatic ring is 1. The number of amides is 1. The Hall–Kier alpha value is -3.75. The first-order valence-electron chi connectivity index (χ1n) is 10.2. The number of carbonyl (C=O) groups is 1. The fourth-order valence-electron chi connectivity index (χ4n) is 3.67. The van der Waals surface area contributed by atoms with Gasteiger partial charge in [0.15, 0.2) is 0 Å². The highest BCUT2D eigenvalue weighted by molar-refractivity contribution is 7.89. The van der Waals surface area contributed by atoms with Crippen LogP contribution in [0.5, 0.6) is 0 Å². The molecule has 4 N–H and O–H groups in total. The number of nitrogens with one attached hydrogen (secondary N) is 2. The van der Waals surface area contributed by atoms with Gasteiger partial charge in [-0.2, -0.15) is 10.4 Å². The quantitative estimate of drug-likeness (QED) is 0.454. The van der Waals surface area contributed by atoms with Crippen molar-refractivity contribution >= 4 is 27.4 Å². The first-order valence-corrected chi connectivity index (χ1v) is 11.7. The third-order valence-electron chi connectivity index (χ3n) is 5.33. The van der Waals surface area contributed by atoms with Crippen LogP contribution < -0.4 is 15.8 Å². The number of rotatable bonds is 7. The minimum absolute atomic E-state index is 0.0125. The van der Waals surface area contributed by atoms with Gasteiger partial charge in [-0.05, 0) is 49.1 Å². The Morgan fingerprint density at radius 3 is 2.73 bits per heavy atom. The molecule has 3 aromatic rings. The Balaban J connectivity index is 1.44. The summed E-state index contributed by atoms with van der Waals surface area (Å²) in [5.74, 6) is -0.963. The Morgan fingerprint density at radius 1 is 1.24 bits per heavy atom. The van der Waals surface area contributed by atoms with Crippen LogP contribution in [0.1, 0.15) is 29.7 Å². The predicted octanol–water partition coefficient (Wildman–Crippen LogP) is 2.26. The summed E-state index contributed by atoms with van der Waals surface area (Å²) in [5.41, 5.74) is 8.33. The summed E-state index contributed by atoms with van der Waals surface area (Å²) < 4.78 is 43.6. The number of nitriles is 1. The van der Waals surface area contributed by atoms with Gasteiger partial charge in [-0.1, -0.05) is 18.2 Å². The first kappa shape index (κ1) is 22.4. The Kier molecular flexibility index (Phi) is 6.13. The number of fused-ring (bicyclic) bond motifs is 1. The summed E-state index contributed by atoms with van der Waals surface area (Å²) in [6, 6.07) is 13.4. The lowest BCUT2D eigenvalue weighted by Crippen LogP contribution is -2.27. The summed E-state index contributed by atoms with van der Waals surface area (Å²) in [4.78, 5) is 11.0. The monoisotopic (exact) mass is 468 g/mol. The molecule has 1 aliphatic rings. The van der Waals surface area contributed by atoms with Crippen LogP contribution in [0, 0.1) is 17.1 Å². The van der Waals surface area contributed by atoms with E-state index in [1.807, 2.05) is 18.2 Å². The molecule has 0 radical (unpaired) electrons. The van der Waals surface area contributed by atoms with Crippen LogP contribution in [0.3, 0.4) is 0 Å². The van der Waals surface area contributed by atoms with E-state index < -0.39 is 20.7 Å². The normalized spacial score (nSPS) is 13.3. The number of halogens is 1. The molecule has 0 saturated heterocycles. The minimum Gasteiger partial charge on any atom is -0.382 e. The maximum atomic E-state index is 14.4. The number of sulfonamides is 1. The van der Waals surface area contributed by atoms with Crippen LogP contribution in [0.2, 0.25) is 0 Å². The molecular weight excluding hydrogens is 447 g/mol. The van der Waals surface area contributed by atoms with E-state index in [0.717, 1.165) is 6.07 Å². The lowest BCUT2D eigenvalue weighted by atomic mass is 10.0. The summed E-state index contributed by atoms with van der Waals surface area (Å²) in [5, 5.41) is 16.4. The molecule has 170 valence electrons. The van der Waals surface area contributed by atoms with Gasteiger partial charge in [-0.15, -0.1) is 0 Å². The number of carbonyl (C=O) groups excluding carboxylic acids is 1. The third kappa shape index (κ3) is 4.57. The van der Waals surface area contributed by atoms with Crippen molar-refractivity contribution in [2.45, 2.75) is 30.6 Å². The number of para-hydroxylation sites is 1. The number of nitrogens with two attached hydrogens (primary N) is 1. The van der Waals surface area contributed by atoms with Gasteiger partial charge in [0.25, 0.3) is 0 Å². The summed E-state index contributed by atoms with van der Waals surface area (Å²) in [6.45, 7) is 0.0125. The van der Waals surface area contributed by atoms with Crippen LogP contribution in [0.25, 0.3) is 5.69 Å². The molecule has 9 nitrogen and oxygen atoms in total. The van der Waals surface area contributed by atoms with E-state index in [4.69, 9.17) is 5.73 Å². The zero-order valence-electron chi connectivity index (χ0n) is 17.5. The maximum Gasteiger partial charge on any atom is 0.243 e. The van der Waals surface area contributed by atoms with Gasteiger partial charge in [0.2, 0.25) is 15.9 Å². The smallest absolute Gasteiger partial charge is 0.243 e. The number of hydrogen-bond acceptors (Lipinski definition) is 6. The van der Waals surface area contributed by atoms with E-state index in [0.29, 0.717) is 41.9 Å². The summed E-state index contributed by atoms with van der Waals surface area (Å²) in [7, 11) is -4.11. The molecule has 0 unspecified atom stereocenters. The van der Waals surface area contributed by atoms with E-state index in [9.17, 15) is 22.9 Å². The topological polar surface area (TPSA) is 143 Å². The van der Waals surface area contributed by atoms with Crippen molar-refractivity contribution in [2.24, 2.45) is 0 Å². The van der Waals surface area contributed by atoms with Gasteiger partial charge in [0.05, 0.1) is 11.4 Å². The fourth-order valence-corrected chi connectivity index (χ4v) is 4.85. The van der Waals surface area contributed by atoms with Crippen molar-refractivity contribution in [3.05, 3.63) is 65.1 Å². The second-order valence-electron chi connectivity index (χ2n) is 7.56. The molecule has 2 aromatic carbocycles. The van der Waals surface area contributed by atoms with Crippen LogP contribution in [0.4, 0.5) is 15.9 Å². The standard InChI is InChI=1S/C22H21FN6O3S/c23-17-12-19-14(8-9-21(30)27-19)11-20(17)33(31,32)26-10-4-7-18-16(13-24)22(25)29(28-18)15-5-2-1-3-6-15/h1-3,5-6,11-12,26H,4,7-10,25H2,(H,27,30). The number of aryl methyl sites for hydroxylation is 2. The molecule has 1 aliphatic heterocycles. The average Bonchev–Trinajstić information content (AvgIpc) is 3.11. The molecule has 4 rings (SSSR count). The maximum absolute atomic E-state index is 14.4. The van der Waals surface area contributed by atoms with Gasteiger partial charge >= 0.3 is 0 Å². The van der Waals surface area contributed by atoms with Gasteiger partial charge < -0.3 is 11.1 Å². The van der Waals surface area contributed by atoms with Crippen molar-refractivity contribution in [3.63, 3.8) is 0 Å². The number of hydrogen-bond donors (Lipinski definition) is 3. The van der Waals surface area contributed by atoms with Crippen molar-refractivity contribution < 1.29 is 17.6 Å². The van der Waals surface area contributed by atoms with Gasteiger partial charge in [0.1, 0.15) is 28.2 Å². The zero-order chi connectivity index (χ0) is 23.6. The van der Waals surface area contributed by atoms with Gasteiger partial charge in [-0.3, -0.25) is 4.79 Å². The SMILES string of the molecule is N#Cc1c(CCCNS(=O)(=O)c2cc3c(cc2F)NC(=O)CC3)nn(-c2ccccc2)c1N. The number of aromatic nitrogens is 2. The molecular formula is C22H21FN6O3S. The van der Waals surface area contributed by atoms with Gasteiger partial charge in [0, 0.05) is 18.7 Å². The molecule has 0 spiro atoms. The van der Waals surface area contributed by atoms with Crippen molar-refractivity contribution in [1.82, 2.24) is 14.5 Å². The lowest BCUT2D eigenvalue weighted by Gasteiger charge is -2.18. The van der Waals surface area contributed by atoms with Gasteiger partial charge in [-0.25, -0.2) is 22.2 Å². The second kappa shape index (κ2) is 9.01. The molecule has 0 fully saturated rings. The molecule has 11 heteroatoms. The molecule has 1 amide bonds. The van der Waals surface area contributed by atoms with E-state index in [2.05, 4.69) is 21.2 Å². The number of nitrogens with zero attached hydrogens (tertiary/aromatic N) is 3. The third-order valence-corrected chi connectivity index (χ3v) is 6.81. The molecule has 33 heavy (non-hydrogen) atoms. The molecule has 0 saturated carbocycles.